The van der Waals surface area contributed by atoms with Gasteiger partial charge in [-0.05, 0) is 54.8 Å². The Balaban J connectivity index is 1.48. The maximum absolute atomic E-state index is 13.3. The molecular weight excluding hydrogens is 423 g/mol. The van der Waals surface area contributed by atoms with E-state index in [0.29, 0.717) is 17.9 Å². The van der Waals surface area contributed by atoms with E-state index in [0.717, 1.165) is 31.2 Å². The van der Waals surface area contributed by atoms with Crippen molar-refractivity contribution in [3.63, 3.8) is 0 Å². The molecule has 0 spiro atoms. The van der Waals surface area contributed by atoms with Gasteiger partial charge in [-0.15, -0.1) is 10.2 Å². The standard InChI is InChI=1S/C24H27FN6O2/c1-17(24(33)26-21-9-5-6-10-21)30(15-18-7-3-2-4-8-18)22(32)16-31-28-23(27-29-31)19-11-13-20(25)14-12-19/h2-4,7-8,11-14,17,21H,5-6,9-10,15-16H2,1H3,(H,26,33)/t17-/m1/s1. The minimum Gasteiger partial charge on any atom is -0.352 e. The molecule has 0 unspecified atom stereocenters. The number of carbonyl (C=O) groups excluding carboxylic acids is 2. The van der Waals surface area contributed by atoms with E-state index in [1.54, 1.807) is 24.0 Å². The summed E-state index contributed by atoms with van der Waals surface area (Å²) in [6.07, 6.45) is 4.17. The molecule has 2 aromatic carbocycles. The molecule has 33 heavy (non-hydrogen) atoms. The van der Waals surface area contributed by atoms with E-state index in [2.05, 4.69) is 20.7 Å². The lowest BCUT2D eigenvalue weighted by Gasteiger charge is -2.29. The first-order valence-electron chi connectivity index (χ1n) is 11.2. The molecule has 2 amide bonds. The molecule has 3 aromatic rings. The first kappa shape index (κ1) is 22.6. The Morgan fingerprint density at radius 3 is 2.52 bits per heavy atom. The lowest BCUT2D eigenvalue weighted by Crippen LogP contribution is -2.50. The molecule has 1 atom stereocenters. The van der Waals surface area contributed by atoms with Crippen LogP contribution in [-0.4, -0.2) is 49.0 Å². The Morgan fingerprint density at radius 2 is 1.82 bits per heavy atom. The Labute approximate surface area is 191 Å². The first-order valence-corrected chi connectivity index (χ1v) is 11.2. The number of tetrazole rings is 1. The van der Waals surface area contributed by atoms with Crippen LogP contribution in [0.25, 0.3) is 11.4 Å². The number of rotatable bonds is 8. The predicted octanol–water partition coefficient (Wildman–Crippen LogP) is 2.96. The van der Waals surface area contributed by atoms with Crippen LogP contribution in [0.3, 0.4) is 0 Å². The van der Waals surface area contributed by atoms with Gasteiger partial charge < -0.3 is 10.2 Å². The average molecular weight is 451 g/mol. The van der Waals surface area contributed by atoms with Crippen molar-refractivity contribution in [1.29, 1.82) is 0 Å². The van der Waals surface area contributed by atoms with Crippen molar-refractivity contribution in [1.82, 2.24) is 30.4 Å². The Bertz CT molecular complexity index is 1080. The largest absolute Gasteiger partial charge is 0.352 e. The van der Waals surface area contributed by atoms with Crippen LogP contribution < -0.4 is 5.32 Å². The van der Waals surface area contributed by atoms with Crippen LogP contribution in [0.1, 0.15) is 38.2 Å². The SMILES string of the molecule is C[C@H](C(=O)NC1CCCC1)N(Cc1ccccc1)C(=O)Cn1nnc(-c2ccc(F)cc2)n1. The molecule has 1 heterocycles. The molecule has 1 aliphatic rings. The monoisotopic (exact) mass is 450 g/mol. The topological polar surface area (TPSA) is 93.0 Å². The van der Waals surface area contributed by atoms with Gasteiger partial charge in [-0.1, -0.05) is 43.2 Å². The fraction of sp³-hybridized carbons (Fsp3) is 0.375. The summed E-state index contributed by atoms with van der Waals surface area (Å²) < 4.78 is 13.2. The Morgan fingerprint density at radius 1 is 1.12 bits per heavy atom. The van der Waals surface area contributed by atoms with Gasteiger partial charge in [0.2, 0.25) is 17.6 Å². The van der Waals surface area contributed by atoms with Gasteiger partial charge in [0.25, 0.3) is 0 Å². The summed E-state index contributed by atoms with van der Waals surface area (Å²) in [5.74, 6) is -0.520. The third kappa shape index (κ3) is 5.79. The van der Waals surface area contributed by atoms with Gasteiger partial charge in [-0.3, -0.25) is 9.59 Å². The normalized spacial score (nSPS) is 14.7. The van der Waals surface area contributed by atoms with Crippen LogP contribution in [-0.2, 0) is 22.7 Å². The number of benzene rings is 2. The summed E-state index contributed by atoms with van der Waals surface area (Å²) >= 11 is 0. The third-order valence-corrected chi connectivity index (χ3v) is 5.90. The molecule has 0 saturated heterocycles. The number of carbonyl (C=O) groups is 2. The van der Waals surface area contributed by atoms with E-state index in [4.69, 9.17) is 0 Å². The van der Waals surface area contributed by atoms with Crippen molar-refractivity contribution < 1.29 is 14.0 Å². The van der Waals surface area contributed by atoms with Gasteiger partial charge in [0.05, 0.1) is 0 Å². The second kappa shape index (κ2) is 10.3. The van der Waals surface area contributed by atoms with E-state index in [1.165, 1.54) is 16.9 Å². The number of aromatic nitrogens is 4. The molecule has 0 radical (unpaired) electrons. The van der Waals surface area contributed by atoms with Crippen molar-refractivity contribution in [2.75, 3.05) is 0 Å². The van der Waals surface area contributed by atoms with E-state index in [-0.39, 0.29) is 30.2 Å². The zero-order valence-corrected chi connectivity index (χ0v) is 18.5. The fourth-order valence-electron chi connectivity index (χ4n) is 3.99. The molecule has 172 valence electrons. The summed E-state index contributed by atoms with van der Waals surface area (Å²) in [5, 5.41) is 15.3. The first-order chi connectivity index (χ1) is 16.0. The van der Waals surface area contributed by atoms with Crippen molar-refractivity contribution in [3.05, 3.63) is 66.0 Å². The summed E-state index contributed by atoms with van der Waals surface area (Å²) in [6.45, 7) is 1.87. The predicted molar refractivity (Wildman–Crippen MR) is 120 cm³/mol. The lowest BCUT2D eigenvalue weighted by atomic mass is 10.1. The van der Waals surface area contributed by atoms with Crippen LogP contribution in [0.4, 0.5) is 4.39 Å². The molecule has 1 fully saturated rings. The zero-order valence-electron chi connectivity index (χ0n) is 18.5. The van der Waals surface area contributed by atoms with Crippen LogP contribution in [0.5, 0.6) is 0 Å². The number of hydrogen-bond donors (Lipinski definition) is 1. The summed E-state index contributed by atoms with van der Waals surface area (Å²) in [7, 11) is 0. The van der Waals surface area contributed by atoms with Gasteiger partial charge in [0, 0.05) is 18.2 Å². The Hall–Kier alpha value is -3.62. The molecule has 8 nitrogen and oxygen atoms in total. The van der Waals surface area contributed by atoms with Crippen LogP contribution in [0.15, 0.2) is 54.6 Å². The molecule has 9 heteroatoms. The second-order valence-electron chi connectivity index (χ2n) is 8.32. The molecule has 0 aliphatic heterocycles. The maximum atomic E-state index is 13.3. The highest BCUT2D eigenvalue weighted by molar-refractivity contribution is 5.87. The van der Waals surface area contributed by atoms with Gasteiger partial charge in [0.15, 0.2) is 0 Å². The smallest absolute Gasteiger partial charge is 0.247 e. The van der Waals surface area contributed by atoms with E-state index in [1.807, 2.05) is 30.3 Å². The summed E-state index contributed by atoms with van der Waals surface area (Å²) in [6, 6.07) is 14.8. The molecule has 4 rings (SSSR count). The lowest BCUT2D eigenvalue weighted by molar-refractivity contribution is -0.141. The quantitative estimate of drug-likeness (QED) is 0.570. The van der Waals surface area contributed by atoms with Gasteiger partial charge in [-0.2, -0.15) is 4.80 Å². The van der Waals surface area contributed by atoms with Crippen LogP contribution in [0, 0.1) is 5.82 Å². The van der Waals surface area contributed by atoms with E-state index in [9.17, 15) is 14.0 Å². The highest BCUT2D eigenvalue weighted by atomic mass is 19.1. The van der Waals surface area contributed by atoms with Crippen LogP contribution in [0.2, 0.25) is 0 Å². The molecular formula is C24H27FN6O2. The van der Waals surface area contributed by atoms with Gasteiger partial charge in [-0.25, -0.2) is 4.39 Å². The average Bonchev–Trinajstić information content (AvgIpc) is 3.50. The minimum atomic E-state index is -0.654. The number of halogens is 1. The summed E-state index contributed by atoms with van der Waals surface area (Å²) in [5.41, 5.74) is 1.52. The molecule has 1 aliphatic carbocycles. The molecule has 1 N–H and O–H groups in total. The molecule has 1 aromatic heterocycles. The van der Waals surface area contributed by atoms with Gasteiger partial charge >= 0.3 is 0 Å². The second-order valence-corrected chi connectivity index (χ2v) is 8.32. The fourth-order valence-corrected chi connectivity index (χ4v) is 3.99. The number of nitrogens with one attached hydrogen (secondary N) is 1. The summed E-state index contributed by atoms with van der Waals surface area (Å²) in [4.78, 5) is 28.9. The van der Waals surface area contributed by atoms with Gasteiger partial charge in [0.1, 0.15) is 18.4 Å². The van der Waals surface area contributed by atoms with Crippen molar-refractivity contribution in [3.8, 4) is 11.4 Å². The van der Waals surface area contributed by atoms with Crippen molar-refractivity contribution in [2.45, 2.75) is 57.8 Å². The zero-order chi connectivity index (χ0) is 23.2. The highest BCUT2D eigenvalue weighted by Crippen LogP contribution is 2.19. The highest BCUT2D eigenvalue weighted by Gasteiger charge is 2.29. The molecule has 0 bridgehead atoms. The van der Waals surface area contributed by atoms with Crippen molar-refractivity contribution >= 4 is 11.8 Å². The van der Waals surface area contributed by atoms with E-state index >= 15 is 0 Å². The third-order valence-electron chi connectivity index (χ3n) is 5.90. The van der Waals surface area contributed by atoms with Crippen molar-refractivity contribution in [2.24, 2.45) is 0 Å². The molecule has 1 saturated carbocycles. The minimum absolute atomic E-state index is 0.162. The number of amides is 2. The maximum Gasteiger partial charge on any atom is 0.247 e. The Kier molecular flexibility index (Phi) is 7.07. The number of hydrogen-bond acceptors (Lipinski definition) is 5. The number of nitrogens with zero attached hydrogens (tertiary/aromatic N) is 5. The van der Waals surface area contributed by atoms with Crippen LogP contribution >= 0.6 is 0 Å². The van der Waals surface area contributed by atoms with E-state index < -0.39 is 6.04 Å².